The lowest BCUT2D eigenvalue weighted by Crippen LogP contribution is -2.26. The maximum Gasteiger partial charge on any atom is 0.0582 e. The Morgan fingerprint density at radius 3 is 2.15 bits per heavy atom. The number of nitrogens with zero attached hydrogens (tertiary/aromatic N) is 1. The van der Waals surface area contributed by atoms with Crippen LogP contribution >= 0.6 is 0 Å². The molecule has 224 valence electrons. The molecule has 3 heterocycles. The average molecular weight is 595 g/mol. The van der Waals surface area contributed by atoms with E-state index in [1.165, 1.54) is 88.2 Å². The van der Waals surface area contributed by atoms with E-state index >= 15 is 0 Å². The molecule has 1 N–H and O–H groups in total. The number of aryl methyl sites for hydroxylation is 1. The second-order valence-electron chi connectivity index (χ2n) is 14.2. The largest absolute Gasteiger partial charge is 0.354 e. The molecule has 0 aliphatic carbocycles. The first-order valence-electron chi connectivity index (χ1n) is 16.6. The van der Waals surface area contributed by atoms with Gasteiger partial charge in [-0.25, -0.2) is 0 Å². The summed E-state index contributed by atoms with van der Waals surface area (Å²) in [6.07, 6.45) is 1.03. The van der Waals surface area contributed by atoms with Crippen LogP contribution in [0.3, 0.4) is 0 Å². The summed E-state index contributed by atoms with van der Waals surface area (Å²) in [6.45, 7) is 11.7. The van der Waals surface area contributed by atoms with Crippen molar-refractivity contribution in [3.05, 3.63) is 149 Å². The lowest BCUT2D eigenvalue weighted by molar-refractivity contribution is 0.630. The SMILES string of the molecule is CCc1ccccc1C(C)(C)c1cccc2c1[nH]c1ccc(-c3ccc4c(c3)c3cccc5c3n4-c3ccccc3C5(C)C)cc12. The molecule has 1 aliphatic rings. The number of aromatic nitrogens is 2. The molecule has 0 radical (unpaired) electrons. The normalized spacial score (nSPS) is 14.0. The van der Waals surface area contributed by atoms with E-state index in [4.69, 9.17) is 0 Å². The quantitative estimate of drug-likeness (QED) is 0.209. The van der Waals surface area contributed by atoms with Crippen LogP contribution in [0.2, 0.25) is 0 Å². The van der Waals surface area contributed by atoms with Gasteiger partial charge >= 0.3 is 0 Å². The lowest BCUT2D eigenvalue weighted by Gasteiger charge is -2.34. The van der Waals surface area contributed by atoms with E-state index < -0.39 is 0 Å². The van der Waals surface area contributed by atoms with Gasteiger partial charge < -0.3 is 9.55 Å². The Morgan fingerprint density at radius 2 is 1.30 bits per heavy atom. The Bertz CT molecular complexity index is 2520. The topological polar surface area (TPSA) is 20.7 Å². The fourth-order valence-electron chi connectivity index (χ4n) is 8.55. The highest BCUT2D eigenvalue weighted by Crippen LogP contribution is 2.48. The van der Waals surface area contributed by atoms with Crippen molar-refractivity contribution in [2.24, 2.45) is 0 Å². The molecule has 2 nitrogen and oxygen atoms in total. The molecule has 46 heavy (non-hydrogen) atoms. The molecule has 0 spiro atoms. The predicted molar refractivity (Wildman–Crippen MR) is 196 cm³/mol. The second kappa shape index (κ2) is 9.47. The second-order valence-corrected chi connectivity index (χ2v) is 14.2. The summed E-state index contributed by atoms with van der Waals surface area (Å²) in [5, 5.41) is 5.18. The molecule has 9 rings (SSSR count). The summed E-state index contributed by atoms with van der Waals surface area (Å²) in [4.78, 5) is 3.83. The molecule has 1 aliphatic heterocycles. The van der Waals surface area contributed by atoms with Gasteiger partial charge in [-0.1, -0.05) is 126 Å². The highest BCUT2D eigenvalue weighted by Gasteiger charge is 2.35. The summed E-state index contributed by atoms with van der Waals surface area (Å²) in [7, 11) is 0. The minimum atomic E-state index is -0.134. The molecular formula is C44H38N2. The van der Waals surface area contributed by atoms with Gasteiger partial charge in [0.15, 0.2) is 0 Å². The summed E-state index contributed by atoms with van der Waals surface area (Å²) >= 11 is 0. The van der Waals surface area contributed by atoms with Crippen molar-refractivity contribution in [3.8, 4) is 16.8 Å². The zero-order valence-electron chi connectivity index (χ0n) is 27.2. The van der Waals surface area contributed by atoms with Crippen molar-refractivity contribution < 1.29 is 0 Å². The van der Waals surface area contributed by atoms with E-state index in [1.807, 2.05) is 0 Å². The van der Waals surface area contributed by atoms with Crippen molar-refractivity contribution >= 4 is 43.6 Å². The standard InChI is InChI=1S/C44H38N2/c1-6-27-13-7-8-16-34(27)43(2,3)36-18-11-14-30-32-25-28(21-23-38(32)45-41(30)36)29-22-24-39-33(26-29)31-15-12-19-37-42(31)46(39)40-20-10-9-17-35(40)44(37,4)5/h7-26,45H,6H2,1-5H3. The number of rotatable bonds is 4. The van der Waals surface area contributed by atoms with E-state index in [0.29, 0.717) is 0 Å². The highest BCUT2D eigenvalue weighted by atomic mass is 15.0. The summed E-state index contributed by atoms with van der Waals surface area (Å²) in [5.74, 6) is 0. The van der Waals surface area contributed by atoms with Crippen molar-refractivity contribution in [1.82, 2.24) is 9.55 Å². The van der Waals surface area contributed by atoms with Gasteiger partial charge in [0.05, 0.1) is 22.2 Å². The first-order valence-corrected chi connectivity index (χ1v) is 16.6. The van der Waals surface area contributed by atoms with E-state index in [0.717, 1.165) is 6.42 Å². The molecule has 0 unspecified atom stereocenters. The Labute approximate surface area is 270 Å². The first-order chi connectivity index (χ1) is 22.3. The van der Waals surface area contributed by atoms with E-state index in [2.05, 4.69) is 165 Å². The highest BCUT2D eigenvalue weighted by molar-refractivity contribution is 6.13. The van der Waals surface area contributed by atoms with Crippen LogP contribution in [-0.4, -0.2) is 9.55 Å². The average Bonchev–Trinajstić information content (AvgIpc) is 3.62. The van der Waals surface area contributed by atoms with Crippen molar-refractivity contribution in [2.45, 2.75) is 51.9 Å². The maximum absolute atomic E-state index is 3.83. The van der Waals surface area contributed by atoms with Crippen molar-refractivity contribution in [2.75, 3.05) is 0 Å². The number of hydrogen-bond donors (Lipinski definition) is 1. The number of fused-ring (bicyclic) bond motifs is 8. The molecule has 0 bridgehead atoms. The van der Waals surface area contributed by atoms with E-state index in [1.54, 1.807) is 0 Å². The van der Waals surface area contributed by atoms with Crippen LogP contribution in [0.5, 0.6) is 0 Å². The maximum atomic E-state index is 3.83. The lowest BCUT2D eigenvalue weighted by atomic mass is 9.75. The van der Waals surface area contributed by atoms with Crippen molar-refractivity contribution in [1.29, 1.82) is 0 Å². The van der Waals surface area contributed by atoms with Crippen LogP contribution in [-0.2, 0) is 17.3 Å². The van der Waals surface area contributed by atoms with Gasteiger partial charge in [-0.2, -0.15) is 0 Å². The summed E-state index contributed by atoms with van der Waals surface area (Å²) < 4.78 is 2.49. The van der Waals surface area contributed by atoms with Gasteiger partial charge in [0.1, 0.15) is 0 Å². The summed E-state index contributed by atoms with van der Waals surface area (Å²) in [5.41, 5.74) is 15.5. The number of para-hydroxylation sites is 3. The van der Waals surface area contributed by atoms with Gasteiger partial charge in [-0.05, 0) is 75.7 Å². The molecule has 0 saturated carbocycles. The third kappa shape index (κ3) is 3.59. The molecule has 0 saturated heterocycles. The van der Waals surface area contributed by atoms with Crippen LogP contribution in [0.25, 0.3) is 60.4 Å². The van der Waals surface area contributed by atoms with Gasteiger partial charge in [0, 0.05) is 37.9 Å². The van der Waals surface area contributed by atoms with Crippen LogP contribution in [0.4, 0.5) is 0 Å². The third-order valence-electron chi connectivity index (χ3n) is 11.0. The molecule has 0 fully saturated rings. The number of H-pyrrole nitrogens is 1. The molecule has 0 amide bonds. The van der Waals surface area contributed by atoms with Gasteiger partial charge in [-0.15, -0.1) is 0 Å². The molecule has 2 aromatic heterocycles. The Kier molecular flexibility index (Phi) is 5.61. The minimum Gasteiger partial charge on any atom is -0.354 e. The number of hydrogen-bond acceptors (Lipinski definition) is 0. The van der Waals surface area contributed by atoms with Gasteiger partial charge in [0.25, 0.3) is 0 Å². The number of nitrogens with one attached hydrogen (secondary N) is 1. The smallest absolute Gasteiger partial charge is 0.0582 e. The molecular weight excluding hydrogens is 556 g/mol. The molecule has 8 aromatic rings. The molecule has 6 aromatic carbocycles. The molecule has 2 heteroatoms. The van der Waals surface area contributed by atoms with Crippen LogP contribution in [0.1, 0.15) is 62.4 Å². The Hall–Kier alpha value is -5.08. The predicted octanol–water partition coefficient (Wildman–Crippen LogP) is 11.6. The third-order valence-corrected chi connectivity index (χ3v) is 11.0. The van der Waals surface area contributed by atoms with Gasteiger partial charge in [-0.3, -0.25) is 0 Å². The van der Waals surface area contributed by atoms with E-state index in [9.17, 15) is 0 Å². The fourth-order valence-corrected chi connectivity index (χ4v) is 8.55. The van der Waals surface area contributed by atoms with Gasteiger partial charge in [0.2, 0.25) is 0 Å². The number of benzene rings is 6. The Balaban J connectivity index is 1.22. The van der Waals surface area contributed by atoms with E-state index in [-0.39, 0.29) is 10.8 Å². The Morgan fingerprint density at radius 1 is 0.630 bits per heavy atom. The monoisotopic (exact) mass is 594 g/mol. The molecule has 0 atom stereocenters. The van der Waals surface area contributed by atoms with Crippen LogP contribution in [0.15, 0.2) is 121 Å². The first kappa shape index (κ1) is 27.2. The fraction of sp³-hybridized carbons (Fsp3) is 0.182. The minimum absolute atomic E-state index is 0.0598. The number of aromatic amines is 1. The summed E-state index contributed by atoms with van der Waals surface area (Å²) in [6, 6.07) is 45.4. The van der Waals surface area contributed by atoms with Crippen LogP contribution in [0, 0.1) is 0 Å². The van der Waals surface area contributed by atoms with Crippen molar-refractivity contribution in [3.63, 3.8) is 0 Å². The zero-order chi connectivity index (χ0) is 31.4. The van der Waals surface area contributed by atoms with Crippen LogP contribution < -0.4 is 0 Å². The zero-order valence-corrected chi connectivity index (χ0v) is 27.2.